The van der Waals surface area contributed by atoms with Crippen LogP contribution in [0, 0.1) is 13.8 Å². The highest BCUT2D eigenvalue weighted by atomic mass is 32.2. The van der Waals surface area contributed by atoms with Crippen molar-refractivity contribution in [3.63, 3.8) is 0 Å². The molecule has 2 aliphatic rings. The second-order valence-electron chi connectivity index (χ2n) is 8.59. The van der Waals surface area contributed by atoms with Crippen LogP contribution in [0.1, 0.15) is 29.1 Å². The number of thiazole rings is 1. The van der Waals surface area contributed by atoms with Crippen molar-refractivity contribution in [3.8, 4) is 0 Å². The Balaban J connectivity index is 0.000000454. The van der Waals surface area contributed by atoms with Gasteiger partial charge in [-0.2, -0.15) is 17.5 Å². The number of rotatable bonds is 4. The van der Waals surface area contributed by atoms with Gasteiger partial charge in [-0.25, -0.2) is 18.2 Å². The lowest BCUT2D eigenvalue weighted by atomic mass is 9.83. The molecule has 2 aromatic rings. The van der Waals surface area contributed by atoms with E-state index < -0.39 is 27.7 Å². The summed E-state index contributed by atoms with van der Waals surface area (Å²) in [5.74, 6) is -2.75. The smallest absolute Gasteiger partial charge is 0.475 e. The van der Waals surface area contributed by atoms with Crippen LogP contribution in [-0.2, 0) is 26.2 Å². The van der Waals surface area contributed by atoms with E-state index in [1.807, 2.05) is 25.3 Å². The largest absolute Gasteiger partial charge is 0.490 e. The summed E-state index contributed by atoms with van der Waals surface area (Å²) in [6.07, 6.45) is -4.13. The number of aliphatic carboxylic acids is 1. The normalized spacial score (nSPS) is 18.9. The fourth-order valence-corrected chi connectivity index (χ4v) is 6.45. The number of halogens is 3. The average molecular weight is 549 g/mol. The van der Waals surface area contributed by atoms with Crippen LogP contribution in [0.2, 0.25) is 0 Å². The predicted octanol–water partition coefficient (Wildman–Crippen LogP) is 2.55. The third kappa shape index (κ3) is 6.22. The summed E-state index contributed by atoms with van der Waals surface area (Å²) in [5, 5.41) is 13.2. The first-order chi connectivity index (χ1) is 16.8. The molecule has 2 saturated heterocycles. The highest BCUT2D eigenvalue weighted by Gasteiger charge is 2.49. The lowest BCUT2D eigenvalue weighted by molar-refractivity contribution is -0.192. The molecule has 2 aliphatic heterocycles. The van der Waals surface area contributed by atoms with Crippen molar-refractivity contribution < 1.29 is 36.3 Å². The molecule has 2 N–H and O–H groups in total. The Labute approximate surface area is 211 Å². The van der Waals surface area contributed by atoms with E-state index in [2.05, 4.69) is 15.2 Å². The van der Waals surface area contributed by atoms with Gasteiger partial charge in [-0.05, 0) is 44.4 Å². The van der Waals surface area contributed by atoms with Gasteiger partial charge in [0, 0.05) is 38.1 Å². The van der Waals surface area contributed by atoms with Crippen molar-refractivity contribution >= 4 is 33.2 Å². The average Bonchev–Trinajstić information content (AvgIpc) is 3.22. The van der Waals surface area contributed by atoms with E-state index in [1.165, 1.54) is 4.31 Å². The first-order valence-corrected chi connectivity index (χ1v) is 13.4. The number of nitrogens with zero attached hydrogens (tertiary/aromatic N) is 3. The summed E-state index contributed by atoms with van der Waals surface area (Å²) in [6.45, 7) is 6.48. The second-order valence-corrected chi connectivity index (χ2v) is 11.6. The van der Waals surface area contributed by atoms with E-state index in [1.54, 1.807) is 29.5 Å². The van der Waals surface area contributed by atoms with Crippen LogP contribution in [0.3, 0.4) is 0 Å². The van der Waals surface area contributed by atoms with E-state index >= 15 is 0 Å². The molecule has 3 heterocycles. The molecular formula is C22H27F3N4O5S2. The number of amides is 1. The molecule has 1 aromatic carbocycles. The Kier molecular flexibility index (Phi) is 8.43. The van der Waals surface area contributed by atoms with Crippen molar-refractivity contribution in [1.29, 1.82) is 0 Å². The van der Waals surface area contributed by atoms with Gasteiger partial charge in [0.15, 0.2) is 0 Å². The minimum absolute atomic E-state index is 0.00306. The Morgan fingerprint density at radius 1 is 1.22 bits per heavy atom. The zero-order valence-electron chi connectivity index (χ0n) is 19.7. The number of nitrogens with one attached hydrogen (secondary N) is 1. The summed E-state index contributed by atoms with van der Waals surface area (Å²) in [5.41, 5.74) is 1.21. The fourth-order valence-electron chi connectivity index (χ4n) is 4.30. The van der Waals surface area contributed by atoms with E-state index in [-0.39, 0.29) is 5.91 Å². The number of piperazine rings is 1. The zero-order chi connectivity index (χ0) is 26.7. The number of carbonyl (C=O) groups is 2. The van der Waals surface area contributed by atoms with Gasteiger partial charge in [0.25, 0.3) is 0 Å². The summed E-state index contributed by atoms with van der Waals surface area (Å²) in [7, 11) is -3.56. The maximum absolute atomic E-state index is 13.1. The summed E-state index contributed by atoms with van der Waals surface area (Å²) in [6, 6.07) is 6.98. The molecule has 4 rings (SSSR count). The van der Waals surface area contributed by atoms with Crippen molar-refractivity contribution in [1.82, 2.24) is 19.5 Å². The van der Waals surface area contributed by atoms with Gasteiger partial charge in [0.1, 0.15) is 5.54 Å². The lowest BCUT2D eigenvalue weighted by Crippen LogP contribution is -2.67. The molecule has 0 bridgehead atoms. The molecule has 9 nitrogen and oxygen atoms in total. The van der Waals surface area contributed by atoms with E-state index in [0.29, 0.717) is 43.9 Å². The van der Waals surface area contributed by atoms with Crippen molar-refractivity contribution in [2.24, 2.45) is 0 Å². The standard InChI is InChI=1S/C20H26N4O3S2.C2HF3O2/c1-15-4-3-5-18(12-15)29(26,27)24-9-6-20(7-10-24)19(25)21-8-11-23(20)13-17-14-28-16(2)22-17;3-2(4,5)1(6)7/h3-5,12,14H,6-11,13H2,1-2H3,(H,21,25);(H,6,7). The molecule has 1 spiro atoms. The third-order valence-electron chi connectivity index (χ3n) is 6.13. The Bertz CT molecular complexity index is 1210. The number of piperidine rings is 1. The zero-order valence-corrected chi connectivity index (χ0v) is 21.3. The van der Waals surface area contributed by atoms with Gasteiger partial charge >= 0.3 is 12.1 Å². The van der Waals surface area contributed by atoms with Crippen molar-refractivity contribution in [2.45, 2.75) is 49.8 Å². The van der Waals surface area contributed by atoms with Crippen LogP contribution in [-0.4, -0.2) is 77.5 Å². The van der Waals surface area contributed by atoms with Crippen LogP contribution in [0.4, 0.5) is 13.2 Å². The number of benzene rings is 1. The van der Waals surface area contributed by atoms with Crippen molar-refractivity contribution in [2.75, 3.05) is 26.2 Å². The Hall–Kier alpha value is -2.55. The molecule has 0 radical (unpaired) electrons. The van der Waals surface area contributed by atoms with Gasteiger partial charge in [-0.3, -0.25) is 9.69 Å². The molecule has 0 unspecified atom stereocenters. The van der Waals surface area contributed by atoms with Crippen molar-refractivity contribution in [3.05, 3.63) is 45.9 Å². The van der Waals surface area contributed by atoms with E-state index in [4.69, 9.17) is 9.90 Å². The molecule has 36 heavy (non-hydrogen) atoms. The van der Waals surface area contributed by atoms with E-state index in [0.717, 1.165) is 22.8 Å². The molecule has 14 heteroatoms. The number of hydrogen-bond acceptors (Lipinski definition) is 7. The number of carboxylic acids is 1. The van der Waals surface area contributed by atoms with Crippen LogP contribution < -0.4 is 5.32 Å². The Morgan fingerprint density at radius 3 is 2.39 bits per heavy atom. The first-order valence-electron chi connectivity index (χ1n) is 11.1. The monoisotopic (exact) mass is 548 g/mol. The SMILES string of the molecule is Cc1cccc(S(=O)(=O)N2CCC3(CC2)C(=O)NCCN3Cc2csc(C)n2)c1.O=C(O)C(F)(F)F. The van der Waals surface area contributed by atoms with Crippen LogP contribution in [0.25, 0.3) is 0 Å². The minimum Gasteiger partial charge on any atom is -0.475 e. The molecule has 198 valence electrons. The maximum Gasteiger partial charge on any atom is 0.490 e. The predicted molar refractivity (Wildman–Crippen MR) is 126 cm³/mol. The topological polar surface area (TPSA) is 120 Å². The minimum atomic E-state index is -5.08. The molecule has 1 amide bonds. The molecule has 0 aliphatic carbocycles. The highest BCUT2D eigenvalue weighted by molar-refractivity contribution is 7.89. The number of aryl methyl sites for hydroxylation is 2. The van der Waals surface area contributed by atoms with Gasteiger partial charge in [-0.1, -0.05) is 12.1 Å². The second kappa shape index (κ2) is 10.8. The first kappa shape index (κ1) is 28.0. The summed E-state index contributed by atoms with van der Waals surface area (Å²) < 4.78 is 59.4. The van der Waals surface area contributed by atoms with Gasteiger partial charge in [0.05, 0.1) is 15.6 Å². The lowest BCUT2D eigenvalue weighted by Gasteiger charge is -2.49. The van der Waals surface area contributed by atoms with E-state index in [9.17, 15) is 26.4 Å². The Morgan fingerprint density at radius 2 is 1.86 bits per heavy atom. The van der Waals surface area contributed by atoms with Crippen LogP contribution >= 0.6 is 11.3 Å². The molecule has 0 saturated carbocycles. The number of aromatic nitrogens is 1. The number of carboxylic acid groups (broad SMARTS) is 1. The van der Waals surface area contributed by atoms with Gasteiger partial charge in [0.2, 0.25) is 15.9 Å². The van der Waals surface area contributed by atoms with Crippen LogP contribution in [0.15, 0.2) is 34.5 Å². The number of sulfonamides is 1. The molecule has 2 fully saturated rings. The molecule has 0 atom stereocenters. The number of alkyl halides is 3. The molecular weight excluding hydrogens is 521 g/mol. The van der Waals surface area contributed by atoms with Gasteiger partial charge < -0.3 is 10.4 Å². The maximum atomic E-state index is 13.1. The highest BCUT2D eigenvalue weighted by Crippen LogP contribution is 2.34. The number of carbonyl (C=O) groups excluding carboxylic acids is 1. The summed E-state index contributed by atoms with van der Waals surface area (Å²) >= 11 is 1.61. The summed E-state index contributed by atoms with van der Waals surface area (Å²) in [4.78, 5) is 28.9. The quantitative estimate of drug-likeness (QED) is 0.603. The van der Waals surface area contributed by atoms with Gasteiger partial charge in [-0.15, -0.1) is 11.3 Å². The third-order valence-corrected chi connectivity index (χ3v) is 8.85. The fraction of sp³-hybridized carbons (Fsp3) is 0.500. The molecule has 1 aromatic heterocycles. The number of hydrogen-bond donors (Lipinski definition) is 2. The van der Waals surface area contributed by atoms with Crippen LogP contribution in [0.5, 0.6) is 0 Å².